The first-order valence-electron chi connectivity index (χ1n) is 16.1. The Hall–Kier alpha value is -5.97. The maximum Gasteiger partial charge on any atom is 0.272 e. The van der Waals surface area contributed by atoms with Crippen LogP contribution in [0.3, 0.4) is 0 Å². The summed E-state index contributed by atoms with van der Waals surface area (Å²) in [4.78, 5) is 44.9. The van der Waals surface area contributed by atoms with Crippen molar-refractivity contribution < 1.29 is 19.1 Å². The molecule has 1 aromatic heterocycles. The molecule has 0 saturated heterocycles. The summed E-state index contributed by atoms with van der Waals surface area (Å²) in [5, 5.41) is 10.6. The van der Waals surface area contributed by atoms with Crippen molar-refractivity contribution in [1.82, 2.24) is 10.3 Å². The van der Waals surface area contributed by atoms with E-state index >= 15 is 0 Å². The molecule has 0 bridgehead atoms. The average Bonchev–Trinajstić information content (AvgIpc) is 3.64. The molecule has 0 aliphatic carbocycles. The van der Waals surface area contributed by atoms with Gasteiger partial charge in [0.1, 0.15) is 18.1 Å². The van der Waals surface area contributed by atoms with Gasteiger partial charge in [-0.05, 0) is 72.7 Å². The van der Waals surface area contributed by atoms with E-state index in [1.807, 2.05) is 115 Å². The van der Waals surface area contributed by atoms with Crippen LogP contribution in [-0.4, -0.2) is 28.0 Å². The van der Waals surface area contributed by atoms with Crippen LogP contribution in [0.25, 0.3) is 17.3 Å². The number of anilines is 2. The molecule has 10 heteroatoms. The lowest BCUT2D eigenvalue weighted by Crippen LogP contribution is -2.30. The summed E-state index contributed by atoms with van der Waals surface area (Å²) in [6.07, 6.45) is 1.62. The van der Waals surface area contributed by atoms with Crippen molar-refractivity contribution in [3.63, 3.8) is 0 Å². The number of thiazole rings is 1. The molecule has 3 amide bonds. The van der Waals surface area contributed by atoms with Gasteiger partial charge in [0.05, 0.1) is 10.9 Å². The number of rotatable bonds is 13. The molecule has 0 saturated carbocycles. The van der Waals surface area contributed by atoms with E-state index in [9.17, 15) is 14.4 Å². The minimum atomic E-state index is -0.491. The summed E-state index contributed by atoms with van der Waals surface area (Å²) < 4.78 is 5.89. The SMILES string of the molecule is CC(Sc1ccc(NC(=O)/C(=C/c2ccc(OCc3ccccc3)cc2)NC(=O)c2ccccc2)cc1)C(=O)Nc1nc(-c2ccccc2)cs1. The van der Waals surface area contributed by atoms with Crippen molar-refractivity contribution in [2.24, 2.45) is 0 Å². The largest absolute Gasteiger partial charge is 0.489 e. The van der Waals surface area contributed by atoms with Crippen molar-refractivity contribution in [2.45, 2.75) is 23.7 Å². The van der Waals surface area contributed by atoms with Crippen LogP contribution < -0.4 is 20.7 Å². The minimum Gasteiger partial charge on any atom is -0.489 e. The Morgan fingerprint density at radius 2 is 1.43 bits per heavy atom. The standard InChI is InChI=1S/C41H34N4O4S2/c1-28(38(46)45-41-44-37(27-50-41)31-13-7-3-8-14-31)51-35-23-19-33(20-24-35)42-40(48)36(43-39(47)32-15-9-4-10-16-32)25-29-17-21-34(22-18-29)49-26-30-11-5-2-6-12-30/h2-25,27-28H,26H2,1H3,(H,42,48)(H,43,47)(H,44,45,46)/b36-25-. The molecule has 1 heterocycles. The number of nitrogens with zero attached hydrogens (tertiary/aromatic N) is 1. The Kier molecular flexibility index (Phi) is 11.7. The highest BCUT2D eigenvalue weighted by atomic mass is 32.2. The van der Waals surface area contributed by atoms with Gasteiger partial charge >= 0.3 is 0 Å². The molecular weight excluding hydrogens is 677 g/mol. The van der Waals surface area contributed by atoms with E-state index < -0.39 is 17.1 Å². The van der Waals surface area contributed by atoms with Gasteiger partial charge in [-0.1, -0.05) is 91.0 Å². The van der Waals surface area contributed by atoms with Gasteiger partial charge in [0.15, 0.2) is 5.13 Å². The van der Waals surface area contributed by atoms with Crippen LogP contribution in [0.15, 0.2) is 155 Å². The van der Waals surface area contributed by atoms with Crippen molar-refractivity contribution in [1.29, 1.82) is 0 Å². The van der Waals surface area contributed by atoms with Crippen LogP contribution in [0.5, 0.6) is 5.75 Å². The van der Waals surface area contributed by atoms with E-state index in [2.05, 4.69) is 20.9 Å². The first-order chi connectivity index (χ1) is 24.9. The third-order valence-corrected chi connectivity index (χ3v) is 9.44. The summed E-state index contributed by atoms with van der Waals surface area (Å²) in [5.74, 6) is -0.380. The maximum absolute atomic E-state index is 13.5. The summed E-state index contributed by atoms with van der Waals surface area (Å²) >= 11 is 2.77. The number of nitrogens with one attached hydrogen (secondary N) is 3. The number of amides is 3. The van der Waals surface area contributed by atoms with E-state index in [1.54, 1.807) is 42.5 Å². The Morgan fingerprint density at radius 3 is 2.12 bits per heavy atom. The Labute approximate surface area is 304 Å². The number of aromatic nitrogens is 1. The van der Waals surface area contributed by atoms with Crippen molar-refractivity contribution in [3.05, 3.63) is 167 Å². The van der Waals surface area contributed by atoms with E-state index in [4.69, 9.17) is 4.74 Å². The highest BCUT2D eigenvalue weighted by Crippen LogP contribution is 2.28. The first-order valence-corrected chi connectivity index (χ1v) is 17.9. The fourth-order valence-electron chi connectivity index (χ4n) is 4.86. The topological polar surface area (TPSA) is 109 Å². The Balaban J connectivity index is 1.08. The van der Waals surface area contributed by atoms with E-state index in [-0.39, 0.29) is 11.6 Å². The zero-order valence-electron chi connectivity index (χ0n) is 27.6. The molecule has 3 N–H and O–H groups in total. The normalized spacial score (nSPS) is 11.7. The van der Waals surface area contributed by atoms with E-state index in [0.717, 1.165) is 21.7 Å². The van der Waals surface area contributed by atoms with Gasteiger partial charge in [-0.15, -0.1) is 23.1 Å². The quantitative estimate of drug-likeness (QED) is 0.0816. The van der Waals surface area contributed by atoms with Gasteiger partial charge in [-0.25, -0.2) is 4.98 Å². The summed E-state index contributed by atoms with van der Waals surface area (Å²) in [6.45, 7) is 2.26. The molecule has 5 aromatic carbocycles. The van der Waals surface area contributed by atoms with Crippen molar-refractivity contribution >= 4 is 57.7 Å². The van der Waals surface area contributed by atoms with Gasteiger partial charge < -0.3 is 20.7 Å². The zero-order valence-corrected chi connectivity index (χ0v) is 29.2. The molecule has 0 spiro atoms. The average molecular weight is 711 g/mol. The summed E-state index contributed by atoms with van der Waals surface area (Å²) in [5.41, 5.74) is 4.59. The van der Waals surface area contributed by atoms with Crippen molar-refractivity contribution in [3.8, 4) is 17.0 Å². The van der Waals surface area contributed by atoms with Gasteiger partial charge in [-0.2, -0.15) is 0 Å². The minimum absolute atomic E-state index is 0.0724. The lowest BCUT2D eigenvalue weighted by atomic mass is 10.1. The first kappa shape index (κ1) is 34.9. The second-order valence-electron chi connectivity index (χ2n) is 11.4. The number of benzene rings is 5. The smallest absolute Gasteiger partial charge is 0.272 e. The van der Waals surface area contributed by atoms with Gasteiger partial charge in [0.2, 0.25) is 5.91 Å². The molecule has 0 aliphatic rings. The third-order valence-electron chi connectivity index (χ3n) is 7.57. The third kappa shape index (κ3) is 10.0. The fraction of sp³-hybridized carbons (Fsp3) is 0.0732. The van der Waals surface area contributed by atoms with Gasteiger partial charge in [0.25, 0.3) is 11.8 Å². The number of hydrogen-bond donors (Lipinski definition) is 3. The Bertz CT molecular complexity index is 2100. The number of thioether (sulfide) groups is 1. The predicted molar refractivity (Wildman–Crippen MR) is 206 cm³/mol. The molecule has 0 aliphatic heterocycles. The van der Waals surface area contributed by atoms with Gasteiger partial charge in [0, 0.05) is 27.1 Å². The van der Waals surface area contributed by atoms with Crippen LogP contribution in [0.2, 0.25) is 0 Å². The van der Waals surface area contributed by atoms with Crippen molar-refractivity contribution in [2.75, 3.05) is 10.6 Å². The monoisotopic (exact) mass is 710 g/mol. The van der Waals surface area contributed by atoms with Gasteiger partial charge in [-0.3, -0.25) is 14.4 Å². The molecule has 0 fully saturated rings. The molecule has 1 atom stereocenters. The van der Waals surface area contributed by atoms with E-state index in [0.29, 0.717) is 34.3 Å². The van der Waals surface area contributed by atoms with Crippen LogP contribution in [0, 0.1) is 0 Å². The molecular formula is C41H34N4O4S2. The summed E-state index contributed by atoms with van der Waals surface area (Å²) in [7, 11) is 0. The lowest BCUT2D eigenvalue weighted by molar-refractivity contribution is -0.115. The van der Waals surface area contributed by atoms with Crippen LogP contribution >= 0.6 is 23.1 Å². The zero-order chi connectivity index (χ0) is 35.4. The molecule has 1 unspecified atom stereocenters. The maximum atomic E-state index is 13.5. The number of carbonyl (C=O) groups is 3. The molecule has 6 aromatic rings. The number of hydrogen-bond acceptors (Lipinski definition) is 7. The van der Waals surface area contributed by atoms with Crippen LogP contribution in [0.4, 0.5) is 10.8 Å². The molecule has 8 nitrogen and oxygen atoms in total. The second kappa shape index (κ2) is 17.1. The second-order valence-corrected chi connectivity index (χ2v) is 13.6. The highest BCUT2D eigenvalue weighted by molar-refractivity contribution is 8.00. The van der Waals surface area contributed by atoms with E-state index in [1.165, 1.54) is 23.1 Å². The Morgan fingerprint density at radius 1 is 0.784 bits per heavy atom. The molecule has 254 valence electrons. The predicted octanol–water partition coefficient (Wildman–Crippen LogP) is 8.92. The molecule has 51 heavy (non-hydrogen) atoms. The summed E-state index contributed by atoms with van der Waals surface area (Å²) in [6, 6.07) is 42.8. The highest BCUT2D eigenvalue weighted by Gasteiger charge is 2.18. The number of ether oxygens (including phenoxy) is 1. The molecule has 0 radical (unpaired) electrons. The number of carbonyl (C=O) groups excluding carboxylic acids is 3. The fourth-order valence-corrected chi connectivity index (χ4v) is 6.45. The lowest BCUT2D eigenvalue weighted by Gasteiger charge is -2.13. The van der Waals surface area contributed by atoms with Crippen LogP contribution in [-0.2, 0) is 16.2 Å². The molecule has 6 rings (SSSR count). The van der Waals surface area contributed by atoms with Crippen LogP contribution in [0.1, 0.15) is 28.4 Å².